The van der Waals surface area contributed by atoms with Gasteiger partial charge in [-0.2, -0.15) is 0 Å². The Bertz CT molecular complexity index is 395. The van der Waals surface area contributed by atoms with Crippen molar-refractivity contribution in [3.8, 4) is 5.75 Å². The molecule has 17 heavy (non-hydrogen) atoms. The smallest absolute Gasteiger partial charge is 0.344 e. The Balaban J connectivity index is 2.78. The third-order valence-electron chi connectivity index (χ3n) is 2.17. The fraction of sp³-hybridized carbons (Fsp3) is 0.417. The number of aliphatic carboxylic acids is 1. The van der Waals surface area contributed by atoms with Crippen molar-refractivity contribution in [2.45, 2.75) is 26.5 Å². The van der Waals surface area contributed by atoms with Crippen LogP contribution >= 0.6 is 0 Å². The Hall–Kier alpha value is -1.62. The topological polar surface area (TPSA) is 58.6 Å². The summed E-state index contributed by atoms with van der Waals surface area (Å²) in [6.45, 7) is 4.64. The highest BCUT2D eigenvalue weighted by molar-refractivity contribution is 5.72. The molecule has 0 aliphatic rings. The summed E-state index contributed by atoms with van der Waals surface area (Å²) in [6, 6.07) is 4.20. The average Bonchev–Trinajstić information content (AvgIpc) is 2.25. The molecule has 4 nitrogen and oxygen atoms in total. The number of carboxylic acid groups (broad SMARTS) is 1. The van der Waals surface area contributed by atoms with Crippen LogP contribution in [0.2, 0.25) is 0 Å². The van der Waals surface area contributed by atoms with E-state index in [0.717, 1.165) is 12.1 Å². The highest BCUT2D eigenvalue weighted by atomic mass is 19.1. The van der Waals surface area contributed by atoms with Crippen molar-refractivity contribution in [2.75, 3.05) is 6.54 Å². The van der Waals surface area contributed by atoms with Gasteiger partial charge in [0.15, 0.2) is 6.10 Å². The molecule has 0 spiro atoms. The van der Waals surface area contributed by atoms with Crippen LogP contribution in [-0.2, 0) is 11.3 Å². The highest BCUT2D eigenvalue weighted by Gasteiger charge is 2.13. The van der Waals surface area contributed by atoms with E-state index in [9.17, 15) is 9.18 Å². The normalized spacial score (nSPS) is 12.2. The van der Waals surface area contributed by atoms with Crippen molar-refractivity contribution in [2.24, 2.45) is 0 Å². The molecule has 2 N–H and O–H groups in total. The molecule has 0 radical (unpaired) electrons. The van der Waals surface area contributed by atoms with Gasteiger partial charge in [0.05, 0.1) is 0 Å². The van der Waals surface area contributed by atoms with Crippen LogP contribution < -0.4 is 10.1 Å². The zero-order valence-corrected chi connectivity index (χ0v) is 9.87. The Morgan fingerprint density at radius 2 is 2.24 bits per heavy atom. The number of carbonyl (C=O) groups is 1. The van der Waals surface area contributed by atoms with Crippen molar-refractivity contribution < 1.29 is 19.0 Å². The van der Waals surface area contributed by atoms with Crippen LogP contribution in [0.25, 0.3) is 0 Å². The number of rotatable bonds is 6. The summed E-state index contributed by atoms with van der Waals surface area (Å²) in [4.78, 5) is 10.6. The Morgan fingerprint density at radius 1 is 1.53 bits per heavy atom. The molecule has 1 atom stereocenters. The largest absolute Gasteiger partial charge is 0.479 e. The molecule has 0 aliphatic carbocycles. The van der Waals surface area contributed by atoms with Crippen molar-refractivity contribution in [3.05, 3.63) is 29.6 Å². The molecule has 0 fully saturated rings. The molecule has 0 aliphatic heterocycles. The maximum Gasteiger partial charge on any atom is 0.344 e. The Morgan fingerprint density at radius 3 is 2.82 bits per heavy atom. The van der Waals surface area contributed by atoms with Crippen molar-refractivity contribution in [3.63, 3.8) is 0 Å². The number of ether oxygens (including phenoxy) is 1. The van der Waals surface area contributed by atoms with Crippen LogP contribution in [0.1, 0.15) is 19.4 Å². The first-order valence-electron chi connectivity index (χ1n) is 5.42. The molecule has 5 heteroatoms. The van der Waals surface area contributed by atoms with Crippen LogP contribution in [0.4, 0.5) is 4.39 Å². The maximum atomic E-state index is 13.3. The number of nitrogens with one attached hydrogen (secondary N) is 1. The number of hydrogen-bond acceptors (Lipinski definition) is 3. The predicted octanol–water partition coefficient (Wildman–Crippen LogP) is 1.79. The van der Waals surface area contributed by atoms with Crippen molar-refractivity contribution in [1.29, 1.82) is 0 Å². The van der Waals surface area contributed by atoms with E-state index in [1.165, 1.54) is 19.1 Å². The first-order valence-corrected chi connectivity index (χ1v) is 5.42. The second-order valence-corrected chi connectivity index (χ2v) is 3.67. The van der Waals surface area contributed by atoms with Crippen LogP contribution in [0, 0.1) is 5.82 Å². The lowest BCUT2D eigenvalue weighted by Crippen LogP contribution is -2.23. The van der Waals surface area contributed by atoms with E-state index in [0.29, 0.717) is 6.54 Å². The van der Waals surface area contributed by atoms with Gasteiger partial charge in [0.2, 0.25) is 0 Å². The monoisotopic (exact) mass is 241 g/mol. The van der Waals surface area contributed by atoms with Crippen LogP contribution in [-0.4, -0.2) is 23.7 Å². The van der Waals surface area contributed by atoms with E-state index < -0.39 is 17.9 Å². The first-order chi connectivity index (χ1) is 8.02. The molecular formula is C12H16FNO3. The molecule has 0 saturated heterocycles. The lowest BCUT2D eigenvalue weighted by Gasteiger charge is -2.12. The zero-order chi connectivity index (χ0) is 12.8. The molecule has 94 valence electrons. The molecule has 1 aromatic carbocycles. The van der Waals surface area contributed by atoms with Gasteiger partial charge < -0.3 is 15.2 Å². The summed E-state index contributed by atoms with van der Waals surface area (Å²) in [6.07, 6.45) is -0.996. The van der Waals surface area contributed by atoms with Gasteiger partial charge in [-0.25, -0.2) is 9.18 Å². The van der Waals surface area contributed by atoms with Gasteiger partial charge in [0, 0.05) is 12.6 Å². The van der Waals surface area contributed by atoms with Gasteiger partial charge in [0.25, 0.3) is 0 Å². The van der Waals surface area contributed by atoms with E-state index in [4.69, 9.17) is 9.84 Å². The van der Waals surface area contributed by atoms with E-state index >= 15 is 0 Å². The summed E-state index contributed by atoms with van der Waals surface area (Å²) in [7, 11) is 0. The van der Waals surface area contributed by atoms with Gasteiger partial charge >= 0.3 is 5.97 Å². The summed E-state index contributed by atoms with van der Waals surface area (Å²) < 4.78 is 18.4. The van der Waals surface area contributed by atoms with E-state index in [2.05, 4.69) is 5.32 Å². The molecule has 0 saturated carbocycles. The minimum absolute atomic E-state index is 0.229. The van der Waals surface area contributed by atoms with Crippen LogP contribution in [0.3, 0.4) is 0 Å². The Kier molecular flexibility index (Phi) is 4.90. The predicted molar refractivity (Wildman–Crippen MR) is 61.5 cm³/mol. The van der Waals surface area contributed by atoms with E-state index in [1.807, 2.05) is 6.92 Å². The number of hydrogen-bond donors (Lipinski definition) is 2. The number of carboxylic acids is 1. The maximum absolute atomic E-state index is 13.3. The minimum Gasteiger partial charge on any atom is -0.479 e. The molecule has 1 rings (SSSR count). The quantitative estimate of drug-likeness (QED) is 0.797. The third-order valence-corrected chi connectivity index (χ3v) is 2.17. The SMILES string of the molecule is CCNCc1cc(F)cc(OC(C)C(=O)O)c1. The van der Waals surface area contributed by atoms with E-state index in [-0.39, 0.29) is 5.75 Å². The van der Waals surface area contributed by atoms with Crippen molar-refractivity contribution in [1.82, 2.24) is 5.32 Å². The van der Waals surface area contributed by atoms with Gasteiger partial charge in [-0.1, -0.05) is 6.92 Å². The third kappa shape index (κ3) is 4.40. The average molecular weight is 241 g/mol. The number of halogens is 1. The fourth-order valence-electron chi connectivity index (χ4n) is 1.31. The summed E-state index contributed by atoms with van der Waals surface area (Å²) in [5.74, 6) is -1.29. The summed E-state index contributed by atoms with van der Waals surface area (Å²) in [5.41, 5.74) is 0.722. The molecule has 1 unspecified atom stereocenters. The molecular weight excluding hydrogens is 225 g/mol. The van der Waals surface area contributed by atoms with Gasteiger partial charge in [0.1, 0.15) is 11.6 Å². The second-order valence-electron chi connectivity index (χ2n) is 3.67. The van der Waals surface area contributed by atoms with Crippen molar-refractivity contribution >= 4 is 5.97 Å². The number of benzene rings is 1. The second kappa shape index (κ2) is 6.20. The van der Waals surface area contributed by atoms with Crippen LogP contribution in [0.5, 0.6) is 5.75 Å². The highest BCUT2D eigenvalue weighted by Crippen LogP contribution is 2.17. The zero-order valence-electron chi connectivity index (χ0n) is 9.87. The van der Waals surface area contributed by atoms with Gasteiger partial charge in [-0.3, -0.25) is 0 Å². The fourth-order valence-corrected chi connectivity index (χ4v) is 1.31. The summed E-state index contributed by atoms with van der Waals surface area (Å²) in [5, 5.41) is 11.7. The van der Waals surface area contributed by atoms with Gasteiger partial charge in [-0.05, 0) is 31.2 Å². The molecule has 0 amide bonds. The molecule has 0 aromatic heterocycles. The summed E-state index contributed by atoms with van der Waals surface area (Å²) >= 11 is 0. The molecule has 0 heterocycles. The van der Waals surface area contributed by atoms with Crippen LogP contribution in [0.15, 0.2) is 18.2 Å². The minimum atomic E-state index is -1.08. The van der Waals surface area contributed by atoms with Gasteiger partial charge in [-0.15, -0.1) is 0 Å². The lowest BCUT2D eigenvalue weighted by atomic mass is 10.2. The Labute approximate surface area is 99.4 Å². The van der Waals surface area contributed by atoms with E-state index in [1.54, 1.807) is 6.07 Å². The lowest BCUT2D eigenvalue weighted by molar-refractivity contribution is -0.144. The molecule has 1 aromatic rings. The standard InChI is InChI=1S/C12H16FNO3/c1-3-14-7-9-4-10(13)6-11(5-9)17-8(2)12(15)16/h4-6,8,14H,3,7H2,1-2H3,(H,15,16). The molecule has 0 bridgehead atoms. The first kappa shape index (κ1) is 13.4.